The predicted octanol–water partition coefficient (Wildman–Crippen LogP) is -0.0268. The van der Waals surface area contributed by atoms with Crippen LogP contribution < -0.4 is 16.4 Å². The smallest absolute Gasteiger partial charge is 0.269 e. The zero-order valence-corrected chi connectivity index (χ0v) is 20.2. The number of fused-ring (bicyclic) bond motifs is 2. The number of aliphatic hydroxyl groups excluding tert-OH is 2. The van der Waals surface area contributed by atoms with Crippen LogP contribution in [0.5, 0.6) is 0 Å². The molecule has 3 aromatic rings. The molecule has 0 unspecified atom stereocenters. The van der Waals surface area contributed by atoms with E-state index in [1.54, 1.807) is 28.5 Å². The number of hydrogen-bond acceptors (Lipinski definition) is 12. The number of imidazole rings is 1. The van der Waals surface area contributed by atoms with Gasteiger partial charge < -0.3 is 31.3 Å². The molecule has 192 valence electrons. The van der Waals surface area contributed by atoms with Crippen molar-refractivity contribution in [2.75, 3.05) is 30.3 Å². The number of nitro benzene ring substituents is 1. The van der Waals surface area contributed by atoms with Crippen LogP contribution in [0.15, 0.2) is 30.9 Å². The van der Waals surface area contributed by atoms with Crippen molar-refractivity contribution in [1.29, 1.82) is 0 Å². The molecule has 0 spiro atoms. The van der Waals surface area contributed by atoms with Crippen LogP contribution in [0.2, 0.25) is 0 Å². The first kappa shape index (κ1) is 24.8. The lowest BCUT2D eigenvalue weighted by Crippen LogP contribution is -2.43. The van der Waals surface area contributed by atoms with E-state index in [9.17, 15) is 20.3 Å². The molecule has 5 rings (SSSR count). The molecular weight excluding hydrogens is 488 g/mol. The Bertz CT molecular complexity index is 1240. The van der Waals surface area contributed by atoms with Gasteiger partial charge in [0.25, 0.3) is 5.69 Å². The second kappa shape index (κ2) is 10.6. The standard InChI is InChI=1S/C22H28N8O5S/c23-20-17-21(27-10-26-20)29(11-28-17)22-19(32)18(31)16(35-22)9-36-4-3-24-8-14-5-12-1-2-15(30(33)34)6-13(12)7-25-14/h1-2,6,10-11,14,16,18-19,22,24-25,31-32H,3-5,7-9H2,(H2,23,26,27)/t14-,16-,18+,19+,22+/m0/s1. The highest BCUT2D eigenvalue weighted by Gasteiger charge is 2.44. The number of hydrogen-bond donors (Lipinski definition) is 5. The van der Waals surface area contributed by atoms with Gasteiger partial charge in [0.05, 0.1) is 17.4 Å². The van der Waals surface area contributed by atoms with E-state index in [-0.39, 0.29) is 22.5 Å². The maximum absolute atomic E-state index is 11.0. The Kier molecular flexibility index (Phi) is 7.32. The fourth-order valence-corrected chi connectivity index (χ4v) is 5.56. The van der Waals surface area contributed by atoms with E-state index in [0.717, 1.165) is 36.4 Å². The van der Waals surface area contributed by atoms with Crippen LogP contribution in [0.25, 0.3) is 11.2 Å². The van der Waals surface area contributed by atoms with Crippen LogP contribution in [0.3, 0.4) is 0 Å². The number of nitrogen functional groups attached to an aromatic ring is 1. The molecule has 1 fully saturated rings. The van der Waals surface area contributed by atoms with Gasteiger partial charge >= 0.3 is 0 Å². The van der Waals surface area contributed by atoms with Gasteiger partial charge in [-0.2, -0.15) is 11.8 Å². The van der Waals surface area contributed by atoms with Crippen molar-refractivity contribution >= 4 is 34.4 Å². The van der Waals surface area contributed by atoms with Crippen LogP contribution in [0.4, 0.5) is 11.5 Å². The Labute approximate surface area is 210 Å². The van der Waals surface area contributed by atoms with Crippen LogP contribution >= 0.6 is 11.8 Å². The Morgan fingerprint density at radius 2 is 2.14 bits per heavy atom. The minimum atomic E-state index is -1.12. The molecule has 5 atom stereocenters. The summed E-state index contributed by atoms with van der Waals surface area (Å²) in [6.07, 6.45) is 0.111. The number of nitro groups is 1. The number of rotatable bonds is 9. The maximum Gasteiger partial charge on any atom is 0.269 e. The third kappa shape index (κ3) is 5.00. The van der Waals surface area contributed by atoms with Crippen molar-refractivity contribution in [3.63, 3.8) is 0 Å². The molecule has 6 N–H and O–H groups in total. The van der Waals surface area contributed by atoms with E-state index in [1.807, 2.05) is 6.07 Å². The fourth-order valence-electron chi connectivity index (χ4n) is 4.60. The summed E-state index contributed by atoms with van der Waals surface area (Å²) in [6, 6.07) is 5.30. The molecule has 2 aliphatic heterocycles. The molecule has 0 amide bonds. The molecular formula is C22H28N8O5S. The van der Waals surface area contributed by atoms with Gasteiger partial charge in [0, 0.05) is 49.3 Å². The number of aliphatic hydroxyl groups is 2. The number of nitrogens with two attached hydrogens (primary N) is 1. The third-order valence-electron chi connectivity index (χ3n) is 6.54. The van der Waals surface area contributed by atoms with Gasteiger partial charge in [0.15, 0.2) is 17.7 Å². The highest BCUT2D eigenvalue weighted by Crippen LogP contribution is 2.33. The van der Waals surface area contributed by atoms with E-state index in [2.05, 4.69) is 25.6 Å². The highest BCUT2D eigenvalue weighted by molar-refractivity contribution is 7.99. The average Bonchev–Trinajstić information content (AvgIpc) is 3.43. The van der Waals surface area contributed by atoms with Gasteiger partial charge in [-0.15, -0.1) is 0 Å². The molecule has 0 saturated carbocycles. The van der Waals surface area contributed by atoms with E-state index in [1.165, 1.54) is 12.7 Å². The summed E-state index contributed by atoms with van der Waals surface area (Å²) < 4.78 is 7.54. The van der Waals surface area contributed by atoms with E-state index < -0.39 is 24.5 Å². The summed E-state index contributed by atoms with van der Waals surface area (Å²) in [6.45, 7) is 2.16. The molecule has 36 heavy (non-hydrogen) atoms. The zero-order valence-electron chi connectivity index (χ0n) is 19.4. The quantitative estimate of drug-likeness (QED) is 0.145. The van der Waals surface area contributed by atoms with E-state index in [4.69, 9.17) is 10.5 Å². The monoisotopic (exact) mass is 516 g/mol. The Balaban J connectivity index is 1.05. The van der Waals surface area contributed by atoms with E-state index >= 15 is 0 Å². The molecule has 2 aliphatic rings. The van der Waals surface area contributed by atoms with Gasteiger partial charge in [-0.3, -0.25) is 14.7 Å². The molecule has 14 heteroatoms. The molecule has 13 nitrogen and oxygen atoms in total. The summed E-state index contributed by atoms with van der Waals surface area (Å²) >= 11 is 1.63. The largest absolute Gasteiger partial charge is 0.387 e. The number of nitrogens with zero attached hydrogens (tertiary/aromatic N) is 5. The number of thioether (sulfide) groups is 1. The van der Waals surface area contributed by atoms with Crippen molar-refractivity contribution in [3.05, 3.63) is 52.1 Å². The Morgan fingerprint density at radius 3 is 2.97 bits per heavy atom. The Morgan fingerprint density at radius 1 is 1.28 bits per heavy atom. The lowest BCUT2D eigenvalue weighted by atomic mass is 9.95. The van der Waals surface area contributed by atoms with E-state index in [0.29, 0.717) is 23.5 Å². The summed E-state index contributed by atoms with van der Waals surface area (Å²) in [5.41, 5.74) is 8.93. The summed E-state index contributed by atoms with van der Waals surface area (Å²) in [7, 11) is 0. The van der Waals surface area contributed by atoms with Gasteiger partial charge in [-0.1, -0.05) is 6.07 Å². The topological polar surface area (TPSA) is 187 Å². The predicted molar refractivity (Wildman–Crippen MR) is 133 cm³/mol. The number of benzene rings is 1. The van der Waals surface area contributed by atoms with Crippen molar-refractivity contribution in [2.45, 2.75) is 43.5 Å². The first-order valence-electron chi connectivity index (χ1n) is 11.6. The molecule has 4 heterocycles. The molecule has 0 radical (unpaired) electrons. The van der Waals surface area contributed by atoms with Gasteiger partial charge in [0.1, 0.15) is 24.1 Å². The average molecular weight is 517 g/mol. The normalized spacial score (nSPS) is 25.8. The number of ether oxygens (including phenoxy) is 1. The Hall–Kier alpha value is -2.88. The first-order valence-corrected chi connectivity index (χ1v) is 12.8. The second-order valence-electron chi connectivity index (χ2n) is 8.90. The van der Waals surface area contributed by atoms with Crippen LogP contribution in [-0.2, 0) is 17.7 Å². The lowest BCUT2D eigenvalue weighted by Gasteiger charge is -2.26. The van der Waals surface area contributed by atoms with Crippen LogP contribution in [0.1, 0.15) is 17.4 Å². The van der Waals surface area contributed by atoms with Crippen molar-refractivity contribution in [2.24, 2.45) is 0 Å². The molecule has 0 aliphatic carbocycles. The third-order valence-corrected chi connectivity index (χ3v) is 7.60. The lowest BCUT2D eigenvalue weighted by molar-refractivity contribution is -0.384. The molecule has 0 bridgehead atoms. The maximum atomic E-state index is 11.0. The van der Waals surface area contributed by atoms with Gasteiger partial charge in [-0.05, 0) is 17.5 Å². The van der Waals surface area contributed by atoms with Crippen LogP contribution in [0, 0.1) is 10.1 Å². The highest BCUT2D eigenvalue weighted by atomic mass is 32.2. The van der Waals surface area contributed by atoms with Crippen molar-refractivity contribution in [3.8, 4) is 0 Å². The SMILES string of the molecule is Nc1ncnc2c1ncn2[C@@H]1O[C@@H](CSCCNC[C@@H]2Cc3ccc([N+](=O)[O-])cc3CN2)[C@@H](O)[C@H]1O. The van der Waals surface area contributed by atoms with Crippen LogP contribution in [-0.4, -0.2) is 83.6 Å². The minimum Gasteiger partial charge on any atom is -0.387 e. The minimum absolute atomic E-state index is 0.122. The second-order valence-corrected chi connectivity index (χ2v) is 10.1. The molecule has 2 aromatic heterocycles. The molecule has 1 aromatic carbocycles. The van der Waals surface area contributed by atoms with Crippen molar-refractivity contribution in [1.82, 2.24) is 30.2 Å². The zero-order chi connectivity index (χ0) is 25.2. The summed E-state index contributed by atoms with van der Waals surface area (Å²) in [5.74, 6) is 1.57. The van der Waals surface area contributed by atoms with Crippen molar-refractivity contribution < 1.29 is 19.9 Å². The summed E-state index contributed by atoms with van der Waals surface area (Å²) in [4.78, 5) is 22.9. The number of nitrogens with one attached hydrogen (secondary N) is 2. The fraction of sp³-hybridized carbons (Fsp3) is 0.500. The number of aromatic nitrogens is 4. The van der Waals surface area contributed by atoms with Gasteiger partial charge in [0.2, 0.25) is 0 Å². The number of non-ortho nitro benzene ring substituents is 1. The molecule has 1 saturated heterocycles. The van der Waals surface area contributed by atoms with Gasteiger partial charge in [-0.25, -0.2) is 15.0 Å². The number of anilines is 1. The first-order chi connectivity index (χ1) is 17.4. The summed E-state index contributed by atoms with van der Waals surface area (Å²) in [5, 5.41) is 38.9.